The van der Waals surface area contributed by atoms with Crippen molar-refractivity contribution in [2.75, 3.05) is 4.72 Å². The van der Waals surface area contributed by atoms with E-state index in [1.165, 1.54) is 0 Å². The van der Waals surface area contributed by atoms with Crippen LogP contribution in [0, 0.1) is 28.1 Å². The Bertz CT molecular complexity index is 1160. The molecule has 0 heterocycles. The Kier molecular flexibility index (Phi) is 5.61. The molecule has 0 unspecified atom stereocenters. The largest absolute Gasteiger partial charge is 0.446 e. The minimum Gasteiger partial charge on any atom is -0.347 e. The van der Waals surface area contributed by atoms with Crippen molar-refractivity contribution in [2.24, 2.45) is 5.41 Å². The van der Waals surface area contributed by atoms with Gasteiger partial charge in [0.15, 0.2) is 4.75 Å². The normalized spacial score (nSPS) is 27.8. The number of hydrogen-bond donors (Lipinski definition) is 2. The van der Waals surface area contributed by atoms with Crippen LogP contribution in [0.25, 0.3) is 0 Å². The number of nitrogens with one attached hydrogen (secondary N) is 2. The van der Waals surface area contributed by atoms with Gasteiger partial charge in [-0.2, -0.15) is 23.7 Å². The van der Waals surface area contributed by atoms with Crippen molar-refractivity contribution in [3.63, 3.8) is 0 Å². The van der Waals surface area contributed by atoms with Gasteiger partial charge in [0.05, 0.1) is 28.8 Å². The van der Waals surface area contributed by atoms with Gasteiger partial charge in [0.2, 0.25) is 0 Å². The molecule has 1 aromatic carbocycles. The molecule has 0 aliphatic heterocycles. The molecule has 4 saturated carbocycles. The van der Waals surface area contributed by atoms with Crippen LogP contribution in [0.3, 0.4) is 0 Å². The summed E-state index contributed by atoms with van der Waals surface area (Å²) in [6, 6.07) is 7.38. The molecule has 0 radical (unpaired) electrons. The summed E-state index contributed by atoms with van der Waals surface area (Å²) in [5.74, 6) is -0.607. The van der Waals surface area contributed by atoms with Crippen molar-refractivity contribution in [1.29, 1.82) is 10.5 Å². The summed E-state index contributed by atoms with van der Waals surface area (Å²) in [5, 5.41) is 21.7. The maximum atomic E-state index is 13.2. The number of carbonyl (C=O) groups excluding carboxylic acids is 1. The van der Waals surface area contributed by atoms with Gasteiger partial charge in [-0.25, -0.2) is 8.42 Å². The van der Waals surface area contributed by atoms with E-state index in [9.17, 15) is 36.9 Å². The van der Waals surface area contributed by atoms with Gasteiger partial charge in [-0.3, -0.25) is 9.52 Å². The number of halogens is 3. The molecule has 1 amide bonds. The average Bonchev–Trinajstić information content (AvgIpc) is 3.56. The van der Waals surface area contributed by atoms with Gasteiger partial charge in [-0.15, -0.1) is 0 Å². The predicted molar refractivity (Wildman–Crippen MR) is 114 cm³/mol. The first-order valence-corrected chi connectivity index (χ1v) is 12.7. The van der Waals surface area contributed by atoms with Gasteiger partial charge in [-0.1, -0.05) is 0 Å². The number of sulfonamides is 1. The van der Waals surface area contributed by atoms with Crippen LogP contribution in [0.15, 0.2) is 23.1 Å². The molecule has 2 bridgehead atoms. The summed E-state index contributed by atoms with van der Waals surface area (Å²) in [5.41, 5.74) is -5.90. The van der Waals surface area contributed by atoms with E-state index in [2.05, 4.69) is 16.1 Å². The molecule has 7 nitrogen and oxygen atoms in total. The molecule has 0 spiro atoms. The number of nitrogens with zero attached hydrogens (tertiary/aromatic N) is 2. The van der Waals surface area contributed by atoms with Gasteiger partial charge in [0, 0.05) is 10.4 Å². The Morgan fingerprint density at radius 2 is 1.61 bits per heavy atom. The second-order valence-electron chi connectivity index (χ2n) is 9.09. The van der Waals surface area contributed by atoms with Crippen molar-refractivity contribution >= 4 is 33.4 Å². The monoisotopic (exact) mass is 498 g/mol. The van der Waals surface area contributed by atoms with E-state index in [0.717, 1.165) is 18.2 Å². The van der Waals surface area contributed by atoms with Crippen LogP contribution in [-0.4, -0.2) is 30.1 Å². The topological polar surface area (TPSA) is 123 Å². The fraction of sp³-hybridized carbons (Fsp3) is 0.571. The summed E-state index contributed by atoms with van der Waals surface area (Å²) in [7, 11) is -4.24. The van der Waals surface area contributed by atoms with Gasteiger partial charge in [0.25, 0.3) is 15.9 Å². The molecular weight excluding hydrogens is 477 g/mol. The van der Waals surface area contributed by atoms with Gasteiger partial charge in [-0.05, 0) is 81.3 Å². The number of hydrogen-bond acceptors (Lipinski definition) is 6. The predicted octanol–water partition coefficient (Wildman–Crippen LogP) is 4.44. The highest BCUT2D eigenvalue weighted by atomic mass is 32.2. The first-order chi connectivity index (χ1) is 15.4. The molecule has 4 aliphatic carbocycles. The van der Waals surface area contributed by atoms with E-state index in [1.54, 1.807) is 6.07 Å². The van der Waals surface area contributed by atoms with Crippen molar-refractivity contribution in [2.45, 2.75) is 72.1 Å². The van der Waals surface area contributed by atoms with Crippen LogP contribution >= 0.6 is 11.8 Å². The molecular formula is C21H21F3N4O3S2. The fourth-order valence-corrected chi connectivity index (χ4v) is 6.64. The third kappa shape index (κ3) is 4.51. The number of anilines is 1. The molecule has 33 heavy (non-hydrogen) atoms. The maximum absolute atomic E-state index is 13.2. The maximum Gasteiger partial charge on any atom is 0.446 e. The first-order valence-electron chi connectivity index (χ1n) is 10.4. The zero-order valence-electron chi connectivity index (χ0n) is 17.5. The highest BCUT2D eigenvalue weighted by Crippen LogP contribution is 2.52. The second kappa shape index (κ2) is 7.81. The van der Waals surface area contributed by atoms with E-state index >= 15 is 0 Å². The molecule has 0 atom stereocenters. The van der Waals surface area contributed by atoms with Crippen LogP contribution in [0.2, 0.25) is 0 Å². The van der Waals surface area contributed by atoms with E-state index < -0.39 is 43.5 Å². The Morgan fingerprint density at radius 3 is 2.09 bits per heavy atom. The third-order valence-electron chi connectivity index (χ3n) is 7.00. The summed E-state index contributed by atoms with van der Waals surface area (Å²) in [4.78, 5) is 12.9. The Labute approximate surface area is 193 Å². The van der Waals surface area contributed by atoms with Crippen molar-refractivity contribution in [3.05, 3.63) is 23.8 Å². The number of nitriles is 2. The Morgan fingerprint density at radius 1 is 1.00 bits per heavy atom. The number of fused-ring (bicyclic) bond motifs is 3. The number of carbonyl (C=O) groups is 1. The molecule has 4 fully saturated rings. The average molecular weight is 499 g/mol. The molecule has 0 aromatic heterocycles. The lowest BCUT2D eigenvalue weighted by molar-refractivity contribution is -0.0328. The zero-order valence-corrected chi connectivity index (χ0v) is 19.1. The smallest absolute Gasteiger partial charge is 0.347 e. The lowest BCUT2D eigenvalue weighted by atomic mass is 9.58. The summed E-state index contributed by atoms with van der Waals surface area (Å²) >= 11 is -0.424. The number of rotatable bonds is 6. The van der Waals surface area contributed by atoms with Crippen LogP contribution in [0.1, 0.15) is 61.7 Å². The minimum absolute atomic E-state index is 0.112. The standard InChI is InChI=1S/C21H21F3N4O3S2/c22-21(23,24)32-14-1-2-15(16(11-14)28-33(30,31)20(13-26)9-10-20)17(29)27-19-6-3-18(12-25,4-7-19)5-8-19/h1-2,11,28H,3-10H2,(H,27,29). The van der Waals surface area contributed by atoms with Crippen molar-refractivity contribution < 1.29 is 26.4 Å². The summed E-state index contributed by atoms with van der Waals surface area (Å²) < 4.78 is 64.7. The first kappa shape index (κ1) is 23.7. The molecule has 4 aliphatic rings. The minimum atomic E-state index is -4.60. The van der Waals surface area contributed by atoms with E-state index in [4.69, 9.17) is 0 Å². The number of alkyl halides is 3. The number of thioether (sulfide) groups is 1. The Hall–Kier alpha value is -2.44. The van der Waals surface area contributed by atoms with Crippen LogP contribution < -0.4 is 10.0 Å². The number of amides is 1. The van der Waals surface area contributed by atoms with Gasteiger partial charge < -0.3 is 5.32 Å². The van der Waals surface area contributed by atoms with Crippen LogP contribution in [0.5, 0.6) is 0 Å². The fourth-order valence-electron chi connectivity index (χ4n) is 4.65. The molecule has 2 N–H and O–H groups in total. The molecule has 5 rings (SSSR count). The van der Waals surface area contributed by atoms with Crippen LogP contribution in [0.4, 0.5) is 18.9 Å². The quantitative estimate of drug-likeness (QED) is 0.559. The van der Waals surface area contributed by atoms with Crippen molar-refractivity contribution in [1.82, 2.24) is 5.32 Å². The summed E-state index contributed by atoms with van der Waals surface area (Å²) in [6.07, 6.45) is 3.98. The second-order valence-corrected chi connectivity index (χ2v) is 12.2. The highest BCUT2D eigenvalue weighted by molar-refractivity contribution is 8.00. The van der Waals surface area contributed by atoms with E-state index in [0.29, 0.717) is 38.5 Å². The summed E-state index contributed by atoms with van der Waals surface area (Å²) in [6.45, 7) is 0. The van der Waals surface area contributed by atoms with Crippen LogP contribution in [-0.2, 0) is 10.0 Å². The zero-order chi connectivity index (χ0) is 24.1. The molecule has 176 valence electrons. The Balaban J connectivity index is 1.62. The molecule has 0 saturated heterocycles. The molecule has 1 aromatic rings. The third-order valence-corrected chi connectivity index (χ3v) is 9.74. The molecule has 12 heteroatoms. The van der Waals surface area contributed by atoms with Gasteiger partial charge >= 0.3 is 5.51 Å². The lowest BCUT2D eigenvalue weighted by Crippen LogP contribution is -2.56. The van der Waals surface area contributed by atoms with E-state index in [-0.39, 0.29) is 34.4 Å². The van der Waals surface area contributed by atoms with E-state index in [1.807, 2.05) is 0 Å². The lowest BCUT2D eigenvalue weighted by Gasteiger charge is -2.50. The number of benzene rings is 1. The van der Waals surface area contributed by atoms with Crippen molar-refractivity contribution in [3.8, 4) is 12.1 Å². The highest BCUT2D eigenvalue weighted by Gasteiger charge is 2.56. The SMILES string of the molecule is N#CC12CCC(NC(=O)c3ccc(SC(F)(F)F)cc3NS(=O)(=O)C3(C#N)CC3)(CC1)CC2. The van der Waals surface area contributed by atoms with Gasteiger partial charge in [0.1, 0.15) is 0 Å².